The predicted octanol–water partition coefficient (Wildman–Crippen LogP) is 20.0. The average Bonchev–Trinajstić information content (AvgIpc) is 3.38. The van der Waals surface area contributed by atoms with Crippen LogP contribution in [0.2, 0.25) is 0 Å². The smallest absolute Gasteiger partial charge is 0.306 e. The Labute approximate surface area is 443 Å². The number of allylic oxidation sites excluding steroid dienone is 20. The second-order valence-corrected chi connectivity index (χ2v) is 19.2. The van der Waals surface area contributed by atoms with E-state index in [1.807, 2.05) is 0 Å². The minimum absolute atomic E-state index is 0.0877. The van der Waals surface area contributed by atoms with Crippen molar-refractivity contribution in [3.63, 3.8) is 0 Å². The normalized spacial score (nSPS) is 13.0. The van der Waals surface area contributed by atoms with Crippen LogP contribution in [0.15, 0.2) is 122 Å². The van der Waals surface area contributed by atoms with E-state index in [0.29, 0.717) is 19.3 Å². The summed E-state index contributed by atoms with van der Waals surface area (Å²) >= 11 is 0. The van der Waals surface area contributed by atoms with Crippen LogP contribution in [0, 0.1) is 0 Å². The second-order valence-electron chi connectivity index (χ2n) is 19.2. The lowest BCUT2D eigenvalue weighted by Gasteiger charge is -2.18. The fourth-order valence-electron chi connectivity index (χ4n) is 7.78. The van der Waals surface area contributed by atoms with Crippen LogP contribution in [0.1, 0.15) is 258 Å². The highest BCUT2D eigenvalue weighted by molar-refractivity contribution is 5.71. The molecular formula is C66H108O6. The molecular weight excluding hydrogens is 889 g/mol. The summed E-state index contributed by atoms with van der Waals surface area (Å²) in [6.07, 6.45) is 82.2. The van der Waals surface area contributed by atoms with Crippen LogP contribution < -0.4 is 0 Å². The van der Waals surface area contributed by atoms with Gasteiger partial charge < -0.3 is 14.2 Å². The van der Waals surface area contributed by atoms with Gasteiger partial charge in [0.1, 0.15) is 13.2 Å². The van der Waals surface area contributed by atoms with Gasteiger partial charge in [-0.3, -0.25) is 14.4 Å². The molecule has 0 saturated carbocycles. The van der Waals surface area contributed by atoms with Crippen molar-refractivity contribution in [2.75, 3.05) is 13.2 Å². The Morgan fingerprint density at radius 1 is 0.292 bits per heavy atom. The first-order valence-electron chi connectivity index (χ1n) is 29.5. The van der Waals surface area contributed by atoms with E-state index in [-0.39, 0.29) is 31.1 Å². The number of carbonyl (C=O) groups excluding carboxylic acids is 3. The summed E-state index contributed by atoms with van der Waals surface area (Å²) in [5.41, 5.74) is 0. The highest BCUT2D eigenvalue weighted by Crippen LogP contribution is 2.14. The van der Waals surface area contributed by atoms with Crippen LogP contribution in [0.5, 0.6) is 0 Å². The Morgan fingerprint density at radius 2 is 0.542 bits per heavy atom. The van der Waals surface area contributed by atoms with Crippen molar-refractivity contribution in [1.82, 2.24) is 0 Å². The Bertz CT molecular complexity index is 1520. The third-order valence-corrected chi connectivity index (χ3v) is 12.2. The van der Waals surface area contributed by atoms with Crippen molar-refractivity contribution < 1.29 is 28.6 Å². The van der Waals surface area contributed by atoms with Crippen molar-refractivity contribution in [2.45, 2.75) is 264 Å². The number of esters is 3. The molecule has 408 valence electrons. The molecule has 1 unspecified atom stereocenters. The number of unbranched alkanes of at least 4 members (excludes halogenated alkanes) is 21. The van der Waals surface area contributed by atoms with Crippen molar-refractivity contribution >= 4 is 17.9 Å². The lowest BCUT2D eigenvalue weighted by Crippen LogP contribution is -2.30. The summed E-state index contributed by atoms with van der Waals surface area (Å²) in [4.78, 5) is 37.9. The van der Waals surface area contributed by atoms with Crippen LogP contribution in [0.3, 0.4) is 0 Å². The maximum Gasteiger partial charge on any atom is 0.306 e. The molecule has 6 nitrogen and oxygen atoms in total. The van der Waals surface area contributed by atoms with Gasteiger partial charge in [0.2, 0.25) is 0 Å². The molecule has 0 radical (unpaired) electrons. The highest BCUT2D eigenvalue weighted by Gasteiger charge is 2.19. The standard InChI is InChI=1S/C66H108O6/c1-4-7-10-13-16-18-20-22-24-26-27-28-29-30-31-32-33-34-35-36-37-38-39-41-42-44-46-48-50-53-56-59-65(68)71-62-63(61-70-64(67)58-55-52-15-12-9-6-3)72-66(69)60-57-54-51-49-47-45-43-40-25-23-21-19-17-14-11-8-5-2/h7,10,16-19,22-25,27-28,30-31,33-34,36-37,39,41,63H,4-6,8-9,11-15,20-21,26,29,32,35,38,40,42-62H2,1-3H3/b10-7-,18-16-,19-17-,24-22-,25-23-,28-27-,31-30-,34-33-,37-36-,41-39-. The second kappa shape index (κ2) is 59.4. The van der Waals surface area contributed by atoms with Crippen LogP contribution >= 0.6 is 0 Å². The van der Waals surface area contributed by atoms with Gasteiger partial charge in [0, 0.05) is 19.3 Å². The first-order valence-corrected chi connectivity index (χ1v) is 29.5. The summed E-state index contributed by atoms with van der Waals surface area (Å²) in [7, 11) is 0. The molecule has 72 heavy (non-hydrogen) atoms. The highest BCUT2D eigenvalue weighted by atomic mass is 16.6. The number of hydrogen-bond acceptors (Lipinski definition) is 6. The molecule has 0 N–H and O–H groups in total. The molecule has 0 heterocycles. The summed E-state index contributed by atoms with van der Waals surface area (Å²) in [5, 5.41) is 0. The number of ether oxygens (including phenoxy) is 3. The number of rotatable bonds is 52. The Morgan fingerprint density at radius 3 is 0.875 bits per heavy atom. The van der Waals surface area contributed by atoms with E-state index in [1.54, 1.807) is 0 Å². The quantitative estimate of drug-likeness (QED) is 0.0261. The van der Waals surface area contributed by atoms with E-state index < -0.39 is 6.10 Å². The summed E-state index contributed by atoms with van der Waals surface area (Å²) in [6.45, 7) is 6.42. The average molecular weight is 998 g/mol. The number of hydrogen-bond donors (Lipinski definition) is 0. The molecule has 0 aromatic rings. The van der Waals surface area contributed by atoms with Crippen LogP contribution in [-0.4, -0.2) is 37.2 Å². The van der Waals surface area contributed by atoms with Crippen LogP contribution in [0.4, 0.5) is 0 Å². The maximum atomic E-state index is 12.8. The van der Waals surface area contributed by atoms with Gasteiger partial charge in [-0.2, -0.15) is 0 Å². The summed E-state index contributed by atoms with van der Waals surface area (Å²) < 4.78 is 16.7. The van der Waals surface area contributed by atoms with E-state index in [4.69, 9.17) is 14.2 Å². The molecule has 0 aliphatic carbocycles. The molecule has 0 fully saturated rings. The first kappa shape index (κ1) is 67.8. The zero-order valence-corrected chi connectivity index (χ0v) is 46.7. The van der Waals surface area contributed by atoms with Gasteiger partial charge in [0.25, 0.3) is 0 Å². The van der Waals surface area contributed by atoms with Crippen LogP contribution in [0.25, 0.3) is 0 Å². The Hall–Kier alpha value is -4.19. The fraction of sp³-hybridized carbons (Fsp3) is 0.652. The molecule has 0 spiro atoms. The lowest BCUT2D eigenvalue weighted by molar-refractivity contribution is -0.167. The van der Waals surface area contributed by atoms with Gasteiger partial charge in [0.15, 0.2) is 6.10 Å². The van der Waals surface area contributed by atoms with Gasteiger partial charge in [-0.15, -0.1) is 0 Å². The Balaban J connectivity index is 4.18. The molecule has 0 aliphatic heterocycles. The Kier molecular flexibility index (Phi) is 55.9. The van der Waals surface area contributed by atoms with Crippen molar-refractivity contribution in [3.8, 4) is 0 Å². The minimum atomic E-state index is -0.788. The predicted molar refractivity (Wildman–Crippen MR) is 311 cm³/mol. The molecule has 0 aliphatic rings. The molecule has 1 atom stereocenters. The topological polar surface area (TPSA) is 78.9 Å². The molecule has 6 heteroatoms. The van der Waals surface area contributed by atoms with Crippen molar-refractivity contribution in [2.24, 2.45) is 0 Å². The lowest BCUT2D eigenvalue weighted by atomic mass is 10.1. The van der Waals surface area contributed by atoms with E-state index in [2.05, 4.69) is 142 Å². The molecule has 0 amide bonds. The third-order valence-electron chi connectivity index (χ3n) is 12.2. The number of carbonyl (C=O) groups is 3. The van der Waals surface area contributed by atoms with Crippen molar-refractivity contribution in [1.29, 1.82) is 0 Å². The van der Waals surface area contributed by atoms with Gasteiger partial charge in [-0.25, -0.2) is 0 Å². The fourth-order valence-corrected chi connectivity index (χ4v) is 7.78. The third kappa shape index (κ3) is 56.7. The van der Waals surface area contributed by atoms with E-state index >= 15 is 0 Å². The summed E-state index contributed by atoms with van der Waals surface area (Å²) in [6, 6.07) is 0. The zero-order valence-electron chi connectivity index (χ0n) is 46.7. The first-order chi connectivity index (χ1) is 35.5. The monoisotopic (exact) mass is 997 g/mol. The summed E-state index contributed by atoms with van der Waals surface area (Å²) in [5.74, 6) is -0.922. The molecule has 0 aromatic heterocycles. The van der Waals surface area contributed by atoms with E-state index in [0.717, 1.165) is 135 Å². The molecule has 0 saturated heterocycles. The molecule has 0 rings (SSSR count). The largest absolute Gasteiger partial charge is 0.462 e. The van der Waals surface area contributed by atoms with E-state index in [9.17, 15) is 14.4 Å². The zero-order chi connectivity index (χ0) is 52.2. The molecule has 0 aromatic carbocycles. The van der Waals surface area contributed by atoms with E-state index in [1.165, 1.54) is 83.5 Å². The minimum Gasteiger partial charge on any atom is -0.462 e. The SMILES string of the molecule is CC/C=C\C/C=C\C/C=C\C/C=C\C/C=C\C/C=C\C/C=C\C/C=C\CCCCCCCCC(=O)OCC(COC(=O)CCCCCCCC)OC(=O)CCCCCCCCC/C=C\C/C=C\CCCCC. The van der Waals surface area contributed by atoms with Gasteiger partial charge in [-0.1, -0.05) is 245 Å². The van der Waals surface area contributed by atoms with Gasteiger partial charge in [-0.05, 0) is 116 Å². The van der Waals surface area contributed by atoms with Crippen molar-refractivity contribution in [3.05, 3.63) is 122 Å². The van der Waals surface area contributed by atoms with Crippen LogP contribution in [-0.2, 0) is 28.6 Å². The van der Waals surface area contributed by atoms with Gasteiger partial charge >= 0.3 is 17.9 Å². The van der Waals surface area contributed by atoms with Gasteiger partial charge in [0.05, 0.1) is 0 Å². The maximum absolute atomic E-state index is 12.8. The molecule has 0 bridgehead atoms.